The summed E-state index contributed by atoms with van der Waals surface area (Å²) in [5, 5.41) is 0. The van der Waals surface area contributed by atoms with Crippen LogP contribution in [0.4, 0.5) is 0 Å². The topological polar surface area (TPSA) is 54.4 Å². The van der Waals surface area contributed by atoms with Gasteiger partial charge < -0.3 is 0 Å². The number of rotatable bonds is 1. The molecule has 0 aliphatic carbocycles. The Kier molecular flexibility index (Phi) is 6.15. The highest BCUT2D eigenvalue weighted by atomic mass is 35.7. The Hall–Kier alpha value is -0.230. The van der Waals surface area contributed by atoms with Gasteiger partial charge in [-0.2, -0.15) is 8.42 Å². The SMILES string of the molecule is Cc1ccccc1.O=S(=O)(O)SCl. The molecule has 0 spiro atoms. The number of benzene rings is 1. The molecule has 1 N–H and O–H groups in total. The van der Waals surface area contributed by atoms with E-state index in [1.54, 1.807) is 0 Å². The third-order valence-electron chi connectivity index (χ3n) is 1.02. The van der Waals surface area contributed by atoms with E-state index < -0.39 is 9.15 Å². The fourth-order valence-electron chi connectivity index (χ4n) is 0.534. The van der Waals surface area contributed by atoms with Crippen LogP contribution in [0.25, 0.3) is 0 Å². The lowest BCUT2D eigenvalue weighted by molar-refractivity contribution is 0.503. The molecule has 0 amide bonds. The van der Waals surface area contributed by atoms with Gasteiger partial charge >= 0.3 is 9.15 Å². The molecule has 1 rings (SSSR count). The zero-order chi connectivity index (χ0) is 10.3. The number of aryl methyl sites for hydroxylation is 1. The summed E-state index contributed by atoms with van der Waals surface area (Å²) >= 11 is 0. The summed E-state index contributed by atoms with van der Waals surface area (Å²) in [5.74, 6) is 0. The average molecular weight is 241 g/mol. The maximum Gasteiger partial charge on any atom is 0.334 e. The van der Waals surface area contributed by atoms with Crippen molar-refractivity contribution >= 4 is 29.8 Å². The zero-order valence-corrected chi connectivity index (χ0v) is 9.23. The van der Waals surface area contributed by atoms with Crippen LogP contribution in [0.15, 0.2) is 30.3 Å². The van der Waals surface area contributed by atoms with Crippen molar-refractivity contribution in [1.82, 2.24) is 0 Å². The number of hydrogen-bond acceptors (Lipinski definition) is 3. The quantitative estimate of drug-likeness (QED) is 0.606. The highest BCUT2D eigenvalue weighted by molar-refractivity contribution is 8.79. The molecule has 0 aliphatic heterocycles. The predicted molar refractivity (Wildman–Crippen MR) is 56.2 cm³/mol. The summed E-state index contributed by atoms with van der Waals surface area (Å²) in [5.41, 5.74) is 1.32. The van der Waals surface area contributed by atoms with Crippen molar-refractivity contribution < 1.29 is 13.0 Å². The van der Waals surface area contributed by atoms with Crippen molar-refractivity contribution in [2.24, 2.45) is 0 Å². The molecule has 3 nitrogen and oxygen atoms in total. The predicted octanol–water partition coefficient (Wildman–Crippen LogP) is 2.67. The zero-order valence-electron chi connectivity index (χ0n) is 6.84. The molecule has 0 aliphatic rings. The van der Waals surface area contributed by atoms with E-state index in [1.807, 2.05) is 18.2 Å². The number of hydrogen-bond donors (Lipinski definition) is 1. The van der Waals surface area contributed by atoms with Gasteiger partial charge in [0.2, 0.25) is 0 Å². The van der Waals surface area contributed by atoms with Crippen LogP contribution in [0.5, 0.6) is 0 Å². The Morgan fingerprint density at radius 1 is 1.31 bits per heavy atom. The monoisotopic (exact) mass is 240 g/mol. The van der Waals surface area contributed by atoms with E-state index in [2.05, 4.69) is 29.7 Å². The Labute approximate surface area is 85.8 Å². The molecule has 13 heavy (non-hydrogen) atoms. The van der Waals surface area contributed by atoms with E-state index in [9.17, 15) is 8.42 Å². The van der Waals surface area contributed by atoms with Gasteiger partial charge in [-0.05, 0) is 17.6 Å². The van der Waals surface area contributed by atoms with Crippen LogP contribution < -0.4 is 0 Å². The molecule has 0 aromatic heterocycles. The normalized spacial score (nSPS) is 10.1. The molecule has 0 radical (unpaired) electrons. The van der Waals surface area contributed by atoms with E-state index in [0.717, 1.165) is 0 Å². The molecule has 0 bridgehead atoms. The second-order valence-electron chi connectivity index (χ2n) is 2.15. The molecule has 74 valence electrons. The smallest absolute Gasteiger partial charge is 0.276 e. The second-order valence-corrected chi connectivity index (χ2v) is 5.90. The first-order chi connectivity index (χ1) is 5.95. The maximum absolute atomic E-state index is 9.39. The summed E-state index contributed by atoms with van der Waals surface area (Å²) in [6, 6.07) is 10.3. The third-order valence-corrected chi connectivity index (χ3v) is 3.09. The summed E-state index contributed by atoms with van der Waals surface area (Å²) in [6.45, 7) is 2.08. The molecule has 0 unspecified atom stereocenters. The van der Waals surface area contributed by atoms with Gasteiger partial charge in [-0.25, -0.2) is 0 Å². The fourth-order valence-corrected chi connectivity index (χ4v) is 0.534. The van der Waals surface area contributed by atoms with Crippen molar-refractivity contribution in [2.75, 3.05) is 0 Å². The van der Waals surface area contributed by atoms with Gasteiger partial charge in [0.25, 0.3) is 0 Å². The van der Waals surface area contributed by atoms with Crippen molar-refractivity contribution in [3.63, 3.8) is 0 Å². The molecule has 0 heterocycles. The molecular weight excluding hydrogens is 232 g/mol. The van der Waals surface area contributed by atoms with Crippen LogP contribution in [0, 0.1) is 6.92 Å². The van der Waals surface area contributed by atoms with Crippen LogP contribution in [-0.2, 0) is 9.15 Å². The Balaban J connectivity index is 0.000000226. The molecule has 1 aromatic rings. The van der Waals surface area contributed by atoms with Crippen LogP contribution in [-0.4, -0.2) is 13.0 Å². The Morgan fingerprint density at radius 2 is 1.69 bits per heavy atom. The van der Waals surface area contributed by atoms with Gasteiger partial charge in [0.1, 0.15) is 10.0 Å². The van der Waals surface area contributed by atoms with Crippen molar-refractivity contribution in [3.05, 3.63) is 35.9 Å². The standard InChI is InChI=1S/C7H8.ClHO3S2/c1-7-5-3-2-4-6-7;1-5-6(2,3)4/h2-6H,1H3;(H,2,3,4). The molecule has 1 aromatic carbocycles. The van der Waals surface area contributed by atoms with Crippen LogP contribution in [0.2, 0.25) is 0 Å². The van der Waals surface area contributed by atoms with Gasteiger partial charge in [0.15, 0.2) is 0 Å². The Morgan fingerprint density at radius 3 is 1.85 bits per heavy atom. The largest absolute Gasteiger partial charge is 0.334 e. The first-order valence-electron chi connectivity index (χ1n) is 3.25. The summed E-state index contributed by atoms with van der Waals surface area (Å²) < 4.78 is 26.4. The molecule has 0 saturated carbocycles. The van der Waals surface area contributed by atoms with Gasteiger partial charge in [-0.15, -0.1) is 0 Å². The van der Waals surface area contributed by atoms with E-state index in [-0.39, 0.29) is 10.0 Å². The van der Waals surface area contributed by atoms with E-state index in [1.165, 1.54) is 5.56 Å². The van der Waals surface area contributed by atoms with E-state index in [4.69, 9.17) is 4.55 Å². The number of halogens is 1. The van der Waals surface area contributed by atoms with E-state index in [0.29, 0.717) is 0 Å². The summed E-state index contributed by atoms with van der Waals surface area (Å²) in [6.07, 6.45) is 0. The highest BCUT2D eigenvalue weighted by Gasteiger charge is 1.97. The minimum absolute atomic E-state index is 0.118. The van der Waals surface area contributed by atoms with Gasteiger partial charge in [0, 0.05) is 0 Å². The maximum atomic E-state index is 9.39. The summed E-state index contributed by atoms with van der Waals surface area (Å²) in [7, 11) is 0.458. The Bertz CT molecular complexity index is 323. The van der Waals surface area contributed by atoms with Crippen molar-refractivity contribution in [2.45, 2.75) is 6.92 Å². The lowest BCUT2D eigenvalue weighted by Crippen LogP contribution is -1.81. The summed E-state index contributed by atoms with van der Waals surface area (Å²) in [4.78, 5) is 0. The van der Waals surface area contributed by atoms with Gasteiger partial charge in [0.05, 0.1) is 0 Å². The van der Waals surface area contributed by atoms with Crippen LogP contribution in [0.1, 0.15) is 5.56 Å². The van der Waals surface area contributed by atoms with Crippen LogP contribution in [0.3, 0.4) is 0 Å². The van der Waals surface area contributed by atoms with Gasteiger partial charge in [-0.3, -0.25) is 4.55 Å². The average Bonchev–Trinajstić information content (AvgIpc) is 2.06. The highest BCUT2D eigenvalue weighted by Crippen LogP contribution is 2.12. The minimum atomic E-state index is -3.98. The second kappa shape index (κ2) is 6.26. The lowest BCUT2D eigenvalue weighted by atomic mass is 10.2. The minimum Gasteiger partial charge on any atom is -0.276 e. The van der Waals surface area contributed by atoms with Crippen molar-refractivity contribution in [1.29, 1.82) is 0 Å². The van der Waals surface area contributed by atoms with Gasteiger partial charge in [-0.1, -0.05) is 35.9 Å². The van der Waals surface area contributed by atoms with Crippen LogP contribution >= 0.6 is 20.7 Å². The first kappa shape index (κ1) is 12.8. The molecule has 0 fully saturated rings. The first-order valence-corrected chi connectivity index (χ1v) is 6.85. The lowest BCUT2D eigenvalue weighted by Gasteiger charge is -1.82. The fraction of sp³-hybridized carbons (Fsp3) is 0.143. The molecule has 6 heteroatoms. The molecule has 0 atom stereocenters. The third kappa shape index (κ3) is 9.69. The van der Waals surface area contributed by atoms with Crippen molar-refractivity contribution in [3.8, 4) is 0 Å². The van der Waals surface area contributed by atoms with E-state index >= 15 is 0 Å². The molecular formula is C7H9ClO3S2. The molecule has 0 saturated heterocycles.